The molecule has 0 saturated carbocycles. The molecule has 35 heavy (non-hydrogen) atoms. The van der Waals surface area contributed by atoms with Gasteiger partial charge in [-0.05, 0) is 39.3 Å². The Labute approximate surface area is 201 Å². The first-order chi connectivity index (χ1) is 16.7. The van der Waals surface area contributed by atoms with Crippen LogP contribution in [0.5, 0.6) is 5.88 Å². The van der Waals surface area contributed by atoms with Crippen molar-refractivity contribution in [3.63, 3.8) is 0 Å². The molecule has 1 aliphatic heterocycles. The maximum absolute atomic E-state index is 13.1. The predicted molar refractivity (Wildman–Crippen MR) is 124 cm³/mol. The highest BCUT2D eigenvalue weighted by molar-refractivity contribution is 5.83. The largest absolute Gasteiger partial charge is 0.481 e. The van der Waals surface area contributed by atoms with Crippen LogP contribution in [0.1, 0.15) is 48.7 Å². The van der Waals surface area contributed by atoms with Gasteiger partial charge < -0.3 is 15.0 Å². The minimum atomic E-state index is -2.70. The molecule has 1 fully saturated rings. The van der Waals surface area contributed by atoms with E-state index in [2.05, 4.69) is 30.4 Å². The first-order valence-corrected chi connectivity index (χ1v) is 11.3. The Bertz CT molecular complexity index is 1230. The van der Waals surface area contributed by atoms with Crippen molar-refractivity contribution in [2.75, 3.05) is 25.5 Å². The van der Waals surface area contributed by atoms with Crippen molar-refractivity contribution in [1.82, 2.24) is 34.6 Å². The Hall–Kier alpha value is -3.70. The van der Waals surface area contributed by atoms with Gasteiger partial charge in [0.05, 0.1) is 24.4 Å². The number of alkyl halides is 2. The Morgan fingerprint density at radius 2 is 1.97 bits per heavy atom. The van der Waals surface area contributed by atoms with Gasteiger partial charge in [0, 0.05) is 37.8 Å². The van der Waals surface area contributed by atoms with Gasteiger partial charge in [0.2, 0.25) is 11.8 Å². The molecule has 1 saturated heterocycles. The molecule has 10 nitrogen and oxygen atoms in total. The maximum Gasteiger partial charge on any atom is 0.297 e. The van der Waals surface area contributed by atoms with Gasteiger partial charge in [0.15, 0.2) is 11.6 Å². The van der Waals surface area contributed by atoms with Crippen molar-refractivity contribution in [3.05, 3.63) is 41.2 Å². The number of carbonyl (C=O) groups is 1. The summed E-state index contributed by atoms with van der Waals surface area (Å²) >= 11 is 0. The Morgan fingerprint density at radius 1 is 1.20 bits per heavy atom. The van der Waals surface area contributed by atoms with E-state index in [9.17, 15) is 13.6 Å². The fourth-order valence-electron chi connectivity index (χ4n) is 4.15. The van der Waals surface area contributed by atoms with Crippen LogP contribution in [-0.4, -0.2) is 66.8 Å². The van der Waals surface area contributed by atoms with Gasteiger partial charge in [-0.1, -0.05) is 0 Å². The van der Waals surface area contributed by atoms with Crippen LogP contribution in [0.25, 0.3) is 11.4 Å². The second-order valence-electron chi connectivity index (χ2n) is 8.57. The van der Waals surface area contributed by atoms with E-state index in [0.717, 1.165) is 11.1 Å². The number of carbonyl (C=O) groups excluding carboxylic acids is 1. The molecule has 1 amide bonds. The zero-order valence-electron chi connectivity index (χ0n) is 20.3. The third kappa shape index (κ3) is 5.20. The fourth-order valence-corrected chi connectivity index (χ4v) is 4.15. The van der Waals surface area contributed by atoms with E-state index < -0.39 is 12.3 Å². The number of amides is 1. The monoisotopic (exact) mass is 486 g/mol. The van der Waals surface area contributed by atoms with Crippen molar-refractivity contribution in [1.29, 1.82) is 0 Å². The molecule has 4 rings (SSSR count). The molecule has 0 unspecified atom stereocenters. The summed E-state index contributed by atoms with van der Waals surface area (Å²) in [6.45, 7) is 6.53. The van der Waals surface area contributed by atoms with Crippen molar-refractivity contribution < 1.29 is 18.3 Å². The number of methoxy groups -OCH3 is 1. The summed E-state index contributed by atoms with van der Waals surface area (Å²) in [7, 11) is 2.97. The molecule has 0 bridgehead atoms. The molecule has 0 radical (unpaired) electrons. The lowest BCUT2D eigenvalue weighted by Crippen LogP contribution is -2.34. The van der Waals surface area contributed by atoms with Crippen LogP contribution in [-0.2, 0) is 11.8 Å². The lowest BCUT2D eigenvalue weighted by Gasteiger charge is -2.21. The van der Waals surface area contributed by atoms with Crippen LogP contribution in [0.3, 0.4) is 0 Å². The number of nitrogens with zero attached hydrogens (tertiary/aromatic N) is 7. The van der Waals surface area contributed by atoms with E-state index in [1.165, 1.54) is 14.2 Å². The number of hydrogen-bond acceptors (Lipinski definition) is 8. The quantitative estimate of drug-likeness (QED) is 0.543. The molecule has 0 aromatic carbocycles. The summed E-state index contributed by atoms with van der Waals surface area (Å²) < 4.78 is 32.4. The number of aryl methyl sites for hydroxylation is 3. The number of aromatic nitrogens is 6. The second-order valence-corrected chi connectivity index (χ2v) is 8.57. The average Bonchev–Trinajstić information content (AvgIpc) is 3.44. The SMILES string of the molecule is COc1cc([C@H](C)C(=O)N2CC[C@H](Nc3ccc(-c4nc(C(F)F)n(C)n4)c(C)n3)C2)nc(C)n1. The topological polar surface area (TPSA) is 111 Å². The summed E-state index contributed by atoms with van der Waals surface area (Å²) in [5, 5.41) is 7.46. The van der Waals surface area contributed by atoms with Gasteiger partial charge in [-0.15, -0.1) is 0 Å². The Morgan fingerprint density at radius 3 is 2.63 bits per heavy atom. The molecule has 2 atom stereocenters. The van der Waals surface area contributed by atoms with Crippen molar-refractivity contribution in [3.8, 4) is 17.3 Å². The van der Waals surface area contributed by atoms with E-state index in [-0.39, 0.29) is 23.6 Å². The number of pyridine rings is 1. The number of anilines is 1. The van der Waals surface area contributed by atoms with Gasteiger partial charge in [-0.25, -0.2) is 28.4 Å². The van der Waals surface area contributed by atoms with E-state index in [0.29, 0.717) is 47.6 Å². The van der Waals surface area contributed by atoms with Crippen LogP contribution in [0.15, 0.2) is 18.2 Å². The highest BCUT2D eigenvalue weighted by Crippen LogP contribution is 2.26. The van der Waals surface area contributed by atoms with Crippen molar-refractivity contribution >= 4 is 11.7 Å². The van der Waals surface area contributed by atoms with Gasteiger partial charge in [-0.3, -0.25) is 4.79 Å². The number of halogens is 2. The number of ether oxygens (including phenoxy) is 1. The van der Waals surface area contributed by atoms with E-state index in [1.807, 2.05) is 11.8 Å². The maximum atomic E-state index is 13.1. The molecular weight excluding hydrogens is 458 g/mol. The summed E-state index contributed by atoms with van der Waals surface area (Å²) in [6.07, 6.45) is -1.93. The lowest BCUT2D eigenvalue weighted by atomic mass is 10.1. The number of nitrogens with one attached hydrogen (secondary N) is 1. The lowest BCUT2D eigenvalue weighted by molar-refractivity contribution is -0.131. The normalized spacial score (nSPS) is 16.6. The first kappa shape index (κ1) is 24.4. The van der Waals surface area contributed by atoms with Crippen LogP contribution in [0.4, 0.5) is 14.6 Å². The average molecular weight is 487 g/mol. The van der Waals surface area contributed by atoms with Gasteiger partial charge in [0.1, 0.15) is 11.6 Å². The second kappa shape index (κ2) is 9.88. The molecule has 3 aromatic rings. The van der Waals surface area contributed by atoms with Crippen LogP contribution < -0.4 is 10.1 Å². The third-order valence-corrected chi connectivity index (χ3v) is 6.03. The molecule has 1 aliphatic rings. The minimum absolute atomic E-state index is 0.00926. The number of rotatable bonds is 7. The van der Waals surface area contributed by atoms with E-state index in [1.54, 1.807) is 32.0 Å². The molecular formula is C23H28F2N8O2. The van der Waals surface area contributed by atoms with Crippen molar-refractivity contribution in [2.45, 2.75) is 45.6 Å². The Balaban J connectivity index is 1.41. The van der Waals surface area contributed by atoms with Crippen LogP contribution in [0, 0.1) is 13.8 Å². The summed E-state index contributed by atoms with van der Waals surface area (Å²) in [4.78, 5) is 32.0. The van der Waals surface area contributed by atoms with Crippen LogP contribution >= 0.6 is 0 Å². The molecule has 12 heteroatoms. The molecule has 3 aromatic heterocycles. The highest BCUT2D eigenvalue weighted by Gasteiger charge is 2.31. The standard InChI is InChI=1S/C23H28F2N8O2/c1-12(17-10-19(35-5)28-14(3)27-17)23(34)33-9-8-15(11-33)29-18-7-6-16(13(2)26-18)21-30-22(20(24)25)32(4)31-21/h6-7,10,12,15,20H,8-9,11H2,1-5H3,(H,26,29)/t12-,15-/m0/s1. The van der Waals surface area contributed by atoms with Gasteiger partial charge in [-0.2, -0.15) is 10.1 Å². The molecule has 0 aliphatic carbocycles. The summed E-state index contributed by atoms with van der Waals surface area (Å²) in [6, 6.07) is 5.25. The zero-order valence-corrected chi connectivity index (χ0v) is 20.3. The molecule has 186 valence electrons. The summed E-state index contributed by atoms with van der Waals surface area (Å²) in [5.74, 6) is 1.02. The van der Waals surface area contributed by atoms with E-state index in [4.69, 9.17) is 4.74 Å². The first-order valence-electron chi connectivity index (χ1n) is 11.3. The molecule has 4 heterocycles. The van der Waals surface area contributed by atoms with Crippen molar-refractivity contribution in [2.24, 2.45) is 7.05 Å². The fraction of sp³-hybridized carbons (Fsp3) is 0.478. The number of likely N-dealkylation sites (tertiary alicyclic amines) is 1. The zero-order chi connectivity index (χ0) is 25.3. The third-order valence-electron chi connectivity index (χ3n) is 6.03. The highest BCUT2D eigenvalue weighted by atomic mass is 19.3. The summed E-state index contributed by atoms with van der Waals surface area (Å²) in [5.41, 5.74) is 1.83. The van der Waals surface area contributed by atoms with E-state index >= 15 is 0 Å². The number of hydrogen-bond donors (Lipinski definition) is 1. The molecule has 0 spiro atoms. The van der Waals surface area contributed by atoms with Gasteiger partial charge >= 0.3 is 0 Å². The predicted octanol–water partition coefficient (Wildman–Crippen LogP) is 3.05. The van der Waals surface area contributed by atoms with Crippen LogP contribution in [0.2, 0.25) is 0 Å². The minimum Gasteiger partial charge on any atom is -0.481 e. The van der Waals surface area contributed by atoms with Gasteiger partial charge in [0.25, 0.3) is 6.43 Å². The Kier molecular flexibility index (Phi) is 6.90. The molecule has 1 N–H and O–H groups in total. The smallest absolute Gasteiger partial charge is 0.297 e.